The van der Waals surface area contributed by atoms with Gasteiger partial charge in [0.2, 0.25) is 0 Å². The fraction of sp³-hybridized carbons (Fsp3) is 0.200. The number of nitrogens with one attached hydrogen (secondary N) is 2. The first-order chi connectivity index (χ1) is 14.0. The summed E-state index contributed by atoms with van der Waals surface area (Å²) in [7, 11) is 1.60. The van der Waals surface area contributed by atoms with Gasteiger partial charge in [0.05, 0.1) is 7.11 Å². The normalized spacial score (nSPS) is 11.0. The van der Waals surface area contributed by atoms with Gasteiger partial charge in [0.1, 0.15) is 16.4 Å². The zero-order valence-corrected chi connectivity index (χ0v) is 16.9. The molecule has 0 saturated heterocycles. The molecule has 9 heteroatoms. The van der Waals surface area contributed by atoms with Gasteiger partial charge in [0.15, 0.2) is 5.75 Å². The minimum atomic E-state index is -0.374. The molecule has 2 N–H and O–H groups in total. The van der Waals surface area contributed by atoms with Crippen molar-refractivity contribution >= 4 is 33.3 Å². The number of thiophene rings is 1. The molecule has 0 aliphatic heterocycles. The van der Waals surface area contributed by atoms with Crippen LogP contribution < -0.4 is 14.8 Å². The highest BCUT2D eigenvalue weighted by Gasteiger charge is 2.22. The first kappa shape index (κ1) is 18.9. The predicted octanol–water partition coefficient (Wildman–Crippen LogP) is 4.59. The van der Waals surface area contributed by atoms with Crippen molar-refractivity contribution in [3.05, 3.63) is 52.9 Å². The molecule has 2 aromatic carbocycles. The number of carbonyl (C=O) groups is 1. The third-order valence-electron chi connectivity index (χ3n) is 4.37. The zero-order valence-electron chi connectivity index (χ0n) is 16.1. The summed E-state index contributed by atoms with van der Waals surface area (Å²) in [5, 5.41) is 16.7. The Labute approximate surface area is 170 Å². The molecular formula is C20H19N5O3S. The maximum Gasteiger partial charge on any atom is 0.272 e. The summed E-state index contributed by atoms with van der Waals surface area (Å²) >= 11 is 1.32. The number of carbonyl (C=O) groups excluding carboxylic acids is 1. The van der Waals surface area contributed by atoms with E-state index < -0.39 is 0 Å². The Balaban J connectivity index is 1.78. The van der Waals surface area contributed by atoms with Gasteiger partial charge in [-0.2, -0.15) is 5.21 Å². The van der Waals surface area contributed by atoms with Crippen LogP contribution in [0.3, 0.4) is 0 Å². The molecule has 1 amide bonds. The molecular weight excluding hydrogens is 390 g/mol. The first-order valence-electron chi connectivity index (χ1n) is 8.98. The highest BCUT2D eigenvalue weighted by Crippen LogP contribution is 2.42. The maximum atomic E-state index is 12.9. The molecule has 4 rings (SSSR count). The molecule has 0 aliphatic rings. The summed E-state index contributed by atoms with van der Waals surface area (Å²) in [6, 6.07) is 13.5. The summed E-state index contributed by atoms with van der Waals surface area (Å²) in [6.07, 6.45) is 0. The van der Waals surface area contributed by atoms with E-state index in [9.17, 15) is 4.79 Å². The van der Waals surface area contributed by atoms with Crippen LogP contribution in [0.1, 0.15) is 35.0 Å². The molecule has 4 aromatic rings. The molecule has 0 fully saturated rings. The molecule has 29 heavy (non-hydrogen) atoms. The van der Waals surface area contributed by atoms with Crippen LogP contribution in [0.5, 0.6) is 17.2 Å². The lowest BCUT2D eigenvalue weighted by Crippen LogP contribution is -2.12. The molecule has 8 nitrogen and oxygen atoms in total. The van der Waals surface area contributed by atoms with Crippen LogP contribution in [-0.2, 0) is 0 Å². The van der Waals surface area contributed by atoms with Gasteiger partial charge in [0, 0.05) is 10.1 Å². The Kier molecular flexibility index (Phi) is 5.13. The van der Waals surface area contributed by atoms with Crippen LogP contribution >= 0.6 is 11.3 Å². The number of amides is 1. The van der Waals surface area contributed by atoms with E-state index in [4.69, 9.17) is 9.47 Å². The molecule has 2 heterocycles. The molecule has 0 spiro atoms. The number of aromatic nitrogens is 4. The van der Waals surface area contributed by atoms with Crippen molar-refractivity contribution in [1.29, 1.82) is 0 Å². The van der Waals surface area contributed by atoms with Gasteiger partial charge in [-0.15, -0.1) is 16.4 Å². The summed E-state index contributed by atoms with van der Waals surface area (Å²) in [5.74, 6) is 1.89. The summed E-state index contributed by atoms with van der Waals surface area (Å²) < 4.78 is 12.5. The third-order valence-corrected chi connectivity index (χ3v) is 5.52. The Bertz CT molecular complexity index is 1150. The average Bonchev–Trinajstić information content (AvgIpc) is 3.36. The molecule has 0 unspecified atom stereocenters. The van der Waals surface area contributed by atoms with Crippen molar-refractivity contribution in [3.63, 3.8) is 0 Å². The van der Waals surface area contributed by atoms with Crippen molar-refractivity contribution in [2.75, 3.05) is 12.4 Å². The predicted molar refractivity (Wildman–Crippen MR) is 111 cm³/mol. The Morgan fingerprint density at radius 3 is 2.76 bits per heavy atom. The monoisotopic (exact) mass is 409 g/mol. The lowest BCUT2D eigenvalue weighted by atomic mass is 10.0. The summed E-state index contributed by atoms with van der Waals surface area (Å²) in [6.45, 7) is 4.24. The second-order valence-corrected chi connectivity index (χ2v) is 7.69. The molecule has 0 radical (unpaired) electrons. The lowest BCUT2D eigenvalue weighted by Gasteiger charge is -2.11. The fourth-order valence-electron chi connectivity index (χ4n) is 2.86. The summed E-state index contributed by atoms with van der Waals surface area (Å²) in [5.41, 5.74) is 1.15. The van der Waals surface area contributed by atoms with E-state index >= 15 is 0 Å². The largest absolute Gasteiger partial charge is 0.497 e. The van der Waals surface area contributed by atoms with Gasteiger partial charge in [-0.05, 0) is 47.0 Å². The number of benzene rings is 2. The van der Waals surface area contributed by atoms with E-state index in [1.807, 2.05) is 36.4 Å². The highest BCUT2D eigenvalue weighted by atomic mass is 32.1. The van der Waals surface area contributed by atoms with E-state index in [-0.39, 0.29) is 11.9 Å². The number of anilines is 1. The van der Waals surface area contributed by atoms with Gasteiger partial charge in [-0.25, -0.2) is 0 Å². The first-order valence-corrected chi connectivity index (χ1v) is 9.80. The molecule has 0 atom stereocenters. The van der Waals surface area contributed by atoms with Gasteiger partial charge in [0.25, 0.3) is 11.9 Å². The van der Waals surface area contributed by atoms with Crippen LogP contribution in [0.2, 0.25) is 0 Å². The second kappa shape index (κ2) is 7.88. The SMILES string of the molecule is COc1ccc2sc(C(=O)Nc3nn[nH]n3)c(Oc3cccc(C(C)C)c3)c2c1. The van der Waals surface area contributed by atoms with E-state index in [0.717, 1.165) is 15.6 Å². The van der Waals surface area contributed by atoms with Crippen molar-refractivity contribution in [1.82, 2.24) is 20.6 Å². The van der Waals surface area contributed by atoms with Crippen molar-refractivity contribution in [2.24, 2.45) is 0 Å². The van der Waals surface area contributed by atoms with Crippen LogP contribution in [0.4, 0.5) is 5.95 Å². The number of H-pyrrole nitrogens is 1. The number of nitrogens with zero attached hydrogens (tertiary/aromatic N) is 3. The Morgan fingerprint density at radius 1 is 1.17 bits per heavy atom. The van der Waals surface area contributed by atoms with E-state index in [0.29, 0.717) is 28.0 Å². The molecule has 2 aromatic heterocycles. The lowest BCUT2D eigenvalue weighted by molar-refractivity contribution is 0.102. The number of methoxy groups -OCH3 is 1. The second-order valence-electron chi connectivity index (χ2n) is 6.64. The van der Waals surface area contributed by atoms with E-state index in [1.165, 1.54) is 11.3 Å². The molecule has 148 valence electrons. The number of fused-ring (bicyclic) bond motifs is 1. The van der Waals surface area contributed by atoms with Crippen LogP contribution in [0.15, 0.2) is 42.5 Å². The fourth-order valence-corrected chi connectivity index (χ4v) is 3.87. The maximum absolute atomic E-state index is 12.9. The number of tetrazole rings is 1. The molecule has 0 aliphatic carbocycles. The quantitative estimate of drug-likeness (QED) is 0.483. The van der Waals surface area contributed by atoms with Crippen LogP contribution in [0.25, 0.3) is 10.1 Å². The minimum absolute atomic E-state index is 0.0952. The van der Waals surface area contributed by atoms with Gasteiger partial charge < -0.3 is 9.47 Å². The Morgan fingerprint density at radius 2 is 2.03 bits per heavy atom. The number of hydrogen-bond acceptors (Lipinski definition) is 7. The number of hydrogen-bond donors (Lipinski definition) is 2. The van der Waals surface area contributed by atoms with Gasteiger partial charge >= 0.3 is 0 Å². The van der Waals surface area contributed by atoms with Crippen molar-refractivity contribution in [2.45, 2.75) is 19.8 Å². The van der Waals surface area contributed by atoms with E-state index in [1.54, 1.807) is 7.11 Å². The highest BCUT2D eigenvalue weighted by molar-refractivity contribution is 7.21. The third kappa shape index (κ3) is 3.90. The smallest absolute Gasteiger partial charge is 0.272 e. The van der Waals surface area contributed by atoms with Crippen LogP contribution in [0, 0.1) is 0 Å². The standard InChI is InChI=1S/C20H19N5O3S/c1-11(2)12-5-4-6-14(9-12)28-17-15-10-13(27-3)7-8-16(15)29-18(17)19(26)21-20-22-24-25-23-20/h4-11H,1-3H3,(H2,21,22,23,24,25,26). The van der Waals surface area contributed by atoms with Crippen molar-refractivity contribution in [3.8, 4) is 17.2 Å². The number of aromatic amines is 1. The van der Waals surface area contributed by atoms with Crippen LogP contribution in [-0.4, -0.2) is 33.6 Å². The van der Waals surface area contributed by atoms with E-state index in [2.05, 4.69) is 45.9 Å². The summed E-state index contributed by atoms with van der Waals surface area (Å²) in [4.78, 5) is 13.3. The molecule has 0 bridgehead atoms. The number of ether oxygens (including phenoxy) is 2. The van der Waals surface area contributed by atoms with Crippen molar-refractivity contribution < 1.29 is 14.3 Å². The minimum Gasteiger partial charge on any atom is -0.497 e. The van der Waals surface area contributed by atoms with Gasteiger partial charge in [-0.3, -0.25) is 10.1 Å². The average molecular weight is 409 g/mol. The zero-order chi connectivity index (χ0) is 20.4. The topological polar surface area (TPSA) is 102 Å². The van der Waals surface area contributed by atoms with Gasteiger partial charge in [-0.1, -0.05) is 31.1 Å². The molecule has 0 saturated carbocycles. The number of rotatable bonds is 6. The Hall–Kier alpha value is -3.46.